The zero-order valence-corrected chi connectivity index (χ0v) is 18.4. The third-order valence-corrected chi connectivity index (χ3v) is 9.39. The highest BCUT2D eigenvalue weighted by atomic mass is 35.5. The lowest BCUT2D eigenvalue weighted by Gasteiger charge is -2.56. The first kappa shape index (κ1) is 21.6. The summed E-state index contributed by atoms with van der Waals surface area (Å²) in [4.78, 5) is 12.5. The molecule has 5 rings (SSSR count). The number of aliphatic hydroxyl groups is 1. The van der Waals surface area contributed by atoms with Crippen molar-refractivity contribution in [3.63, 3.8) is 0 Å². The average molecular weight is 472 g/mol. The van der Waals surface area contributed by atoms with E-state index in [9.17, 15) is 22.7 Å². The first-order valence-electron chi connectivity index (χ1n) is 9.52. The second kappa shape index (κ2) is 7.48. The predicted octanol–water partition coefficient (Wildman–Crippen LogP) is 4.71. The molecule has 0 aromatic heterocycles. The topological polar surface area (TPSA) is 83.5 Å². The van der Waals surface area contributed by atoms with E-state index in [4.69, 9.17) is 23.2 Å². The van der Waals surface area contributed by atoms with Crippen molar-refractivity contribution in [2.45, 2.75) is 41.9 Å². The largest absolute Gasteiger partial charge is 0.390 e. The maximum atomic E-state index is 13.6. The van der Waals surface area contributed by atoms with Gasteiger partial charge in [0.25, 0.3) is 5.91 Å². The van der Waals surface area contributed by atoms with E-state index in [-0.39, 0.29) is 38.0 Å². The Bertz CT molecular complexity index is 1120. The Hall–Kier alpha value is -1.67. The molecular formula is C21H20Cl2FNO4S. The molecule has 3 aliphatic carbocycles. The van der Waals surface area contributed by atoms with Gasteiger partial charge in [0.1, 0.15) is 5.82 Å². The quantitative estimate of drug-likeness (QED) is 0.676. The summed E-state index contributed by atoms with van der Waals surface area (Å²) in [5.74, 6) is -1.39. The predicted molar refractivity (Wildman–Crippen MR) is 113 cm³/mol. The summed E-state index contributed by atoms with van der Waals surface area (Å²) in [6, 6.07) is 7.86. The molecule has 0 radical (unpaired) electrons. The van der Waals surface area contributed by atoms with Crippen LogP contribution in [0.4, 0.5) is 10.1 Å². The highest BCUT2D eigenvalue weighted by molar-refractivity contribution is 7.92. The number of carbonyl (C=O) groups excluding carboxylic acids is 1. The molecule has 160 valence electrons. The fraction of sp³-hybridized carbons (Fsp3) is 0.381. The second-order valence-electron chi connectivity index (χ2n) is 8.22. The first-order chi connectivity index (χ1) is 14.0. The number of nitrogens with one attached hydrogen (secondary N) is 1. The Morgan fingerprint density at radius 2 is 1.73 bits per heavy atom. The number of sulfone groups is 1. The summed E-state index contributed by atoms with van der Waals surface area (Å²) in [5, 5.41) is 12.2. The maximum Gasteiger partial charge on any atom is 0.255 e. The van der Waals surface area contributed by atoms with Crippen molar-refractivity contribution in [2.75, 3.05) is 5.32 Å². The average Bonchev–Trinajstić information content (AvgIpc) is 2.70. The minimum atomic E-state index is -3.79. The molecule has 3 fully saturated rings. The molecule has 2 aromatic carbocycles. The van der Waals surface area contributed by atoms with Crippen LogP contribution in [-0.4, -0.2) is 30.3 Å². The molecule has 30 heavy (non-hydrogen) atoms. The molecule has 0 heterocycles. The maximum absolute atomic E-state index is 13.6. The highest BCUT2D eigenvalue weighted by Crippen LogP contribution is 2.55. The van der Waals surface area contributed by atoms with Crippen LogP contribution in [0.3, 0.4) is 0 Å². The molecule has 2 unspecified atom stereocenters. The standard InChI is InChI=1S/C21H20Cl2FNO4S/c1-21(27)12-7-13(21)9-15(8-12)30(28,29)19-6-11(2-4-17(19)23)20(26)25-14-3-5-16(22)18(24)10-14/h2-6,10,12-13,15,27H,7-9H2,1H3,(H,25,26)/t12-,13?,15?,21-/m0/s1. The number of halogens is 3. The van der Waals surface area contributed by atoms with Crippen LogP contribution in [0, 0.1) is 17.7 Å². The molecular weight excluding hydrogens is 452 g/mol. The monoisotopic (exact) mass is 471 g/mol. The molecule has 4 atom stereocenters. The van der Waals surface area contributed by atoms with Crippen LogP contribution < -0.4 is 5.32 Å². The molecule has 3 saturated carbocycles. The van der Waals surface area contributed by atoms with E-state index in [1.54, 1.807) is 6.92 Å². The summed E-state index contributed by atoms with van der Waals surface area (Å²) in [5.41, 5.74) is -0.539. The fourth-order valence-corrected chi connectivity index (χ4v) is 6.99. The van der Waals surface area contributed by atoms with Crippen LogP contribution in [0.5, 0.6) is 0 Å². The van der Waals surface area contributed by atoms with E-state index in [0.717, 1.165) is 12.5 Å². The van der Waals surface area contributed by atoms with E-state index in [0.29, 0.717) is 12.8 Å². The minimum Gasteiger partial charge on any atom is -0.390 e. The van der Waals surface area contributed by atoms with Crippen LogP contribution in [0.25, 0.3) is 0 Å². The summed E-state index contributed by atoms with van der Waals surface area (Å²) in [6.07, 6.45) is 1.55. The van der Waals surface area contributed by atoms with Gasteiger partial charge in [0, 0.05) is 11.3 Å². The van der Waals surface area contributed by atoms with Crippen molar-refractivity contribution in [2.24, 2.45) is 11.8 Å². The van der Waals surface area contributed by atoms with Crippen LogP contribution >= 0.6 is 23.2 Å². The van der Waals surface area contributed by atoms with Crippen LogP contribution in [-0.2, 0) is 9.84 Å². The Morgan fingerprint density at radius 3 is 2.33 bits per heavy atom. The van der Waals surface area contributed by atoms with Gasteiger partial charge in [0.2, 0.25) is 0 Å². The van der Waals surface area contributed by atoms with Gasteiger partial charge in [-0.1, -0.05) is 23.2 Å². The first-order valence-corrected chi connectivity index (χ1v) is 11.8. The second-order valence-corrected chi connectivity index (χ2v) is 11.2. The molecule has 2 bridgehead atoms. The number of carbonyl (C=O) groups is 1. The molecule has 2 N–H and O–H groups in total. The third kappa shape index (κ3) is 3.62. The molecule has 3 aliphatic rings. The molecule has 0 aliphatic heterocycles. The molecule has 0 saturated heterocycles. The van der Waals surface area contributed by atoms with Gasteiger partial charge in [0.05, 0.1) is 25.8 Å². The van der Waals surface area contributed by atoms with Crippen LogP contribution in [0.2, 0.25) is 10.0 Å². The smallest absolute Gasteiger partial charge is 0.255 e. The van der Waals surface area contributed by atoms with Crippen molar-refractivity contribution in [3.05, 3.63) is 57.8 Å². The number of amides is 1. The Morgan fingerprint density at radius 1 is 1.10 bits per heavy atom. The van der Waals surface area contributed by atoms with E-state index >= 15 is 0 Å². The summed E-state index contributed by atoms with van der Waals surface area (Å²) in [6.45, 7) is 1.76. The molecule has 9 heteroatoms. The van der Waals surface area contributed by atoms with Gasteiger partial charge >= 0.3 is 0 Å². The van der Waals surface area contributed by atoms with Crippen LogP contribution in [0.15, 0.2) is 41.3 Å². The lowest BCUT2D eigenvalue weighted by molar-refractivity contribution is -0.162. The van der Waals surface area contributed by atoms with Gasteiger partial charge in [-0.25, -0.2) is 12.8 Å². The van der Waals surface area contributed by atoms with Gasteiger partial charge in [-0.15, -0.1) is 0 Å². The number of anilines is 1. The molecule has 5 nitrogen and oxygen atoms in total. The van der Waals surface area contributed by atoms with Crippen molar-refractivity contribution < 1.29 is 22.7 Å². The summed E-state index contributed by atoms with van der Waals surface area (Å²) >= 11 is 11.8. The lowest BCUT2D eigenvalue weighted by Crippen LogP contribution is -2.60. The van der Waals surface area contributed by atoms with E-state index in [1.807, 2.05) is 0 Å². The zero-order valence-electron chi connectivity index (χ0n) is 16.0. The number of hydrogen-bond acceptors (Lipinski definition) is 4. The molecule has 2 aromatic rings. The van der Waals surface area contributed by atoms with Crippen molar-refractivity contribution in [1.29, 1.82) is 0 Å². The Kier molecular flexibility index (Phi) is 5.37. The lowest BCUT2D eigenvalue weighted by atomic mass is 9.54. The summed E-state index contributed by atoms with van der Waals surface area (Å²) < 4.78 is 40.1. The highest BCUT2D eigenvalue weighted by Gasteiger charge is 2.57. The van der Waals surface area contributed by atoms with Gasteiger partial charge in [-0.05, 0) is 74.4 Å². The van der Waals surface area contributed by atoms with Gasteiger partial charge in [-0.2, -0.15) is 0 Å². The van der Waals surface area contributed by atoms with Crippen molar-refractivity contribution in [3.8, 4) is 0 Å². The van der Waals surface area contributed by atoms with Gasteiger partial charge in [0.15, 0.2) is 9.84 Å². The normalized spacial score (nSPS) is 28.0. The van der Waals surface area contributed by atoms with Crippen molar-refractivity contribution in [1.82, 2.24) is 0 Å². The van der Waals surface area contributed by atoms with Gasteiger partial charge < -0.3 is 10.4 Å². The van der Waals surface area contributed by atoms with Crippen LogP contribution in [0.1, 0.15) is 36.5 Å². The molecule has 1 amide bonds. The van der Waals surface area contributed by atoms with Crippen molar-refractivity contribution >= 4 is 44.6 Å². The summed E-state index contributed by atoms with van der Waals surface area (Å²) in [7, 11) is -3.79. The number of rotatable bonds is 4. The SMILES string of the molecule is C[C@@]1(O)C2CC(S(=O)(=O)c3cc(C(=O)Nc4ccc(Cl)c(F)c4)ccc3Cl)C[C@@H]1C2. The number of fused-ring (bicyclic) bond motifs is 2. The van der Waals surface area contributed by atoms with E-state index in [2.05, 4.69) is 5.32 Å². The Labute approximate surface area is 184 Å². The van der Waals surface area contributed by atoms with E-state index in [1.165, 1.54) is 30.3 Å². The van der Waals surface area contributed by atoms with Gasteiger partial charge in [-0.3, -0.25) is 4.79 Å². The fourth-order valence-electron chi connectivity index (χ4n) is 4.47. The molecule has 0 spiro atoms. The van der Waals surface area contributed by atoms with E-state index < -0.39 is 32.4 Å². The number of hydrogen-bond donors (Lipinski definition) is 2. The zero-order chi connectivity index (χ0) is 21.8. The number of benzene rings is 2. The Balaban J connectivity index is 1.58. The minimum absolute atomic E-state index is 0.0371. The third-order valence-electron chi connectivity index (χ3n) is 6.43.